The highest BCUT2D eigenvalue weighted by molar-refractivity contribution is 5.87. The van der Waals surface area contributed by atoms with Crippen LogP contribution in [-0.4, -0.2) is 25.4 Å². The Bertz CT molecular complexity index is 602. The van der Waals surface area contributed by atoms with Crippen molar-refractivity contribution < 1.29 is 14.8 Å². The van der Waals surface area contributed by atoms with Crippen molar-refractivity contribution in [3.05, 3.63) is 39.8 Å². The molecule has 0 saturated carbocycles. The molecule has 0 amide bonds. The number of aryl methyl sites for hydroxylation is 1. The first kappa shape index (κ1) is 10.1. The molecule has 0 unspecified atom stereocenters. The van der Waals surface area contributed by atoms with Gasteiger partial charge in [-0.25, -0.2) is 4.79 Å². The van der Waals surface area contributed by atoms with Gasteiger partial charge < -0.3 is 15.2 Å². The SMILES string of the molecule is Cc1nc([N+](=O)[O-])c2cccc(C(=O)O)n12. The smallest absolute Gasteiger partial charge is 0.389 e. The van der Waals surface area contributed by atoms with Gasteiger partial charge in [0.1, 0.15) is 11.2 Å². The highest BCUT2D eigenvalue weighted by atomic mass is 16.6. The van der Waals surface area contributed by atoms with Crippen LogP contribution >= 0.6 is 0 Å². The van der Waals surface area contributed by atoms with Crippen molar-refractivity contribution in [3.63, 3.8) is 0 Å². The summed E-state index contributed by atoms with van der Waals surface area (Å²) in [7, 11) is 0. The van der Waals surface area contributed by atoms with Crippen LogP contribution in [-0.2, 0) is 0 Å². The molecule has 82 valence electrons. The van der Waals surface area contributed by atoms with Crippen LogP contribution in [0.2, 0.25) is 0 Å². The van der Waals surface area contributed by atoms with Crippen LogP contribution in [0.3, 0.4) is 0 Å². The second kappa shape index (κ2) is 3.30. The van der Waals surface area contributed by atoms with Gasteiger partial charge in [0.2, 0.25) is 5.82 Å². The molecular weight excluding hydrogens is 214 g/mol. The normalized spacial score (nSPS) is 10.6. The van der Waals surface area contributed by atoms with E-state index in [1.54, 1.807) is 0 Å². The molecule has 16 heavy (non-hydrogen) atoms. The highest BCUT2D eigenvalue weighted by Gasteiger charge is 2.22. The molecule has 2 rings (SSSR count). The van der Waals surface area contributed by atoms with Gasteiger partial charge >= 0.3 is 11.8 Å². The maximum Gasteiger partial charge on any atom is 0.389 e. The van der Waals surface area contributed by atoms with Gasteiger partial charge in [0.05, 0.1) is 0 Å². The molecule has 7 nitrogen and oxygen atoms in total. The lowest BCUT2D eigenvalue weighted by atomic mass is 10.3. The van der Waals surface area contributed by atoms with Crippen LogP contribution in [0, 0.1) is 17.0 Å². The van der Waals surface area contributed by atoms with Gasteiger partial charge in [-0.2, -0.15) is 0 Å². The fourth-order valence-electron chi connectivity index (χ4n) is 1.59. The number of nitro groups is 1. The molecule has 0 saturated heterocycles. The molecule has 0 aliphatic carbocycles. The monoisotopic (exact) mass is 221 g/mol. The minimum absolute atomic E-state index is 0.0457. The van der Waals surface area contributed by atoms with Gasteiger partial charge in [0.15, 0.2) is 0 Å². The van der Waals surface area contributed by atoms with Crippen LogP contribution < -0.4 is 0 Å². The Labute approximate surface area is 89.1 Å². The molecule has 1 N–H and O–H groups in total. The lowest BCUT2D eigenvalue weighted by Crippen LogP contribution is -2.05. The third-order valence-corrected chi connectivity index (χ3v) is 2.20. The van der Waals surface area contributed by atoms with E-state index < -0.39 is 10.9 Å². The number of pyridine rings is 1. The largest absolute Gasteiger partial charge is 0.477 e. The molecule has 0 bridgehead atoms. The van der Waals surface area contributed by atoms with E-state index in [4.69, 9.17) is 5.11 Å². The lowest BCUT2D eigenvalue weighted by Gasteiger charge is -1.99. The van der Waals surface area contributed by atoms with E-state index in [1.165, 1.54) is 29.5 Å². The van der Waals surface area contributed by atoms with Crippen LogP contribution in [0.15, 0.2) is 18.2 Å². The van der Waals surface area contributed by atoms with Crippen LogP contribution in [0.5, 0.6) is 0 Å². The van der Waals surface area contributed by atoms with Gasteiger partial charge in [-0.1, -0.05) is 6.07 Å². The zero-order chi connectivity index (χ0) is 11.9. The third kappa shape index (κ3) is 1.29. The van der Waals surface area contributed by atoms with Gasteiger partial charge in [0, 0.05) is 6.92 Å². The number of aromatic carboxylic acids is 1. The van der Waals surface area contributed by atoms with E-state index in [0.29, 0.717) is 0 Å². The summed E-state index contributed by atoms with van der Waals surface area (Å²) >= 11 is 0. The molecular formula is C9H7N3O4. The number of nitrogens with zero attached hydrogens (tertiary/aromatic N) is 3. The fourth-order valence-corrected chi connectivity index (χ4v) is 1.59. The Balaban J connectivity index is 2.90. The summed E-state index contributed by atoms with van der Waals surface area (Å²) in [6.07, 6.45) is 0. The van der Waals surface area contributed by atoms with Crippen molar-refractivity contribution >= 4 is 17.3 Å². The Morgan fingerprint density at radius 3 is 2.81 bits per heavy atom. The number of hydrogen-bond donors (Lipinski definition) is 1. The summed E-state index contributed by atoms with van der Waals surface area (Å²) in [5.41, 5.74) is 0.137. The van der Waals surface area contributed by atoms with Crippen LogP contribution in [0.4, 0.5) is 5.82 Å². The topological polar surface area (TPSA) is 97.7 Å². The predicted octanol–water partition coefficient (Wildman–Crippen LogP) is 1.25. The minimum Gasteiger partial charge on any atom is -0.477 e. The average Bonchev–Trinajstić information content (AvgIpc) is 2.56. The zero-order valence-electron chi connectivity index (χ0n) is 8.25. The van der Waals surface area contributed by atoms with Gasteiger partial charge in [-0.05, 0) is 22.0 Å². The molecule has 0 aromatic carbocycles. The average molecular weight is 221 g/mol. The number of carbonyl (C=O) groups is 1. The van der Waals surface area contributed by atoms with Gasteiger partial charge in [-0.3, -0.25) is 4.40 Å². The number of fused-ring (bicyclic) bond motifs is 1. The number of hydrogen-bond acceptors (Lipinski definition) is 4. The molecule has 7 heteroatoms. The lowest BCUT2D eigenvalue weighted by molar-refractivity contribution is -0.387. The summed E-state index contributed by atoms with van der Waals surface area (Å²) in [6, 6.07) is 4.28. The molecule has 0 aliphatic heterocycles. The molecule has 0 spiro atoms. The first-order chi connectivity index (χ1) is 7.52. The summed E-state index contributed by atoms with van der Waals surface area (Å²) < 4.78 is 1.25. The maximum absolute atomic E-state index is 10.9. The molecule has 2 aromatic rings. The van der Waals surface area contributed by atoms with E-state index >= 15 is 0 Å². The van der Waals surface area contributed by atoms with Crippen molar-refractivity contribution in [2.45, 2.75) is 6.92 Å². The van der Waals surface area contributed by atoms with Gasteiger partial charge in [0.25, 0.3) is 0 Å². The van der Waals surface area contributed by atoms with Crippen molar-refractivity contribution in [2.75, 3.05) is 0 Å². The number of aromatic nitrogens is 2. The first-order valence-electron chi connectivity index (χ1n) is 4.38. The van der Waals surface area contributed by atoms with Gasteiger partial charge in [-0.15, -0.1) is 0 Å². The Morgan fingerprint density at radius 2 is 2.25 bits per heavy atom. The molecule has 0 atom stereocenters. The van der Waals surface area contributed by atoms with Crippen molar-refractivity contribution in [1.82, 2.24) is 9.38 Å². The van der Waals surface area contributed by atoms with E-state index in [2.05, 4.69) is 4.98 Å². The second-order valence-electron chi connectivity index (χ2n) is 3.18. The molecule has 0 radical (unpaired) electrons. The van der Waals surface area contributed by atoms with E-state index in [1.807, 2.05) is 0 Å². The van der Waals surface area contributed by atoms with Crippen LogP contribution in [0.25, 0.3) is 5.52 Å². The quantitative estimate of drug-likeness (QED) is 0.607. The summed E-state index contributed by atoms with van der Waals surface area (Å²) in [4.78, 5) is 24.7. The first-order valence-corrected chi connectivity index (χ1v) is 4.38. The Morgan fingerprint density at radius 1 is 1.56 bits per heavy atom. The van der Waals surface area contributed by atoms with E-state index in [-0.39, 0.29) is 22.9 Å². The van der Waals surface area contributed by atoms with E-state index in [9.17, 15) is 14.9 Å². The number of carboxylic acid groups (broad SMARTS) is 1. The number of carboxylic acids is 1. The highest BCUT2D eigenvalue weighted by Crippen LogP contribution is 2.21. The number of imidazole rings is 1. The van der Waals surface area contributed by atoms with Crippen molar-refractivity contribution in [2.24, 2.45) is 0 Å². The molecule has 2 aromatic heterocycles. The molecule has 2 heterocycles. The summed E-state index contributed by atoms with van der Waals surface area (Å²) in [6.45, 7) is 1.52. The maximum atomic E-state index is 10.9. The predicted molar refractivity (Wildman–Crippen MR) is 53.5 cm³/mol. The second-order valence-corrected chi connectivity index (χ2v) is 3.18. The Hall–Kier alpha value is -2.44. The molecule has 0 fully saturated rings. The standard InChI is InChI=1S/C9H7N3O4/c1-5-10-8(12(15)16)6-3-2-4-7(9(13)14)11(5)6/h2-4H,1H3,(H,13,14). The zero-order valence-corrected chi connectivity index (χ0v) is 8.25. The minimum atomic E-state index is -1.15. The van der Waals surface area contributed by atoms with Crippen LogP contribution in [0.1, 0.15) is 16.3 Å². The summed E-state index contributed by atoms with van der Waals surface area (Å²) in [5, 5.41) is 19.6. The Kier molecular flexibility index (Phi) is 2.08. The number of rotatable bonds is 2. The third-order valence-electron chi connectivity index (χ3n) is 2.20. The fraction of sp³-hybridized carbons (Fsp3) is 0.111. The van der Waals surface area contributed by atoms with Crippen molar-refractivity contribution in [3.8, 4) is 0 Å². The molecule has 0 aliphatic rings. The summed E-state index contributed by atoms with van der Waals surface area (Å²) in [5.74, 6) is -1.21. The van der Waals surface area contributed by atoms with Crippen molar-refractivity contribution in [1.29, 1.82) is 0 Å². The van der Waals surface area contributed by atoms with E-state index in [0.717, 1.165) is 0 Å².